The highest BCUT2D eigenvalue weighted by molar-refractivity contribution is 6.79. The number of nitrogens with zero attached hydrogens (tertiary/aromatic N) is 1. The SMILES string of the molecule is CC(C)(C)[Si](C)(C)N1CC(CC(=O)O)C1=O. The molecule has 0 spiro atoms. The molecule has 0 bridgehead atoms. The number of rotatable bonds is 3. The third kappa shape index (κ3) is 2.14. The Morgan fingerprint density at radius 1 is 1.50 bits per heavy atom. The summed E-state index contributed by atoms with van der Waals surface area (Å²) in [4.78, 5) is 22.4. The normalized spacial score (nSPS) is 21.9. The topological polar surface area (TPSA) is 57.6 Å². The van der Waals surface area contributed by atoms with Crippen LogP contribution in [0.5, 0.6) is 0 Å². The Morgan fingerprint density at radius 3 is 2.31 bits per heavy atom. The van der Waals surface area contributed by atoms with Gasteiger partial charge in [0.25, 0.3) is 0 Å². The average Bonchev–Trinajstić information content (AvgIpc) is 2.08. The fourth-order valence-corrected chi connectivity index (χ4v) is 3.99. The molecule has 1 amide bonds. The highest BCUT2D eigenvalue weighted by Gasteiger charge is 2.51. The fraction of sp³-hybridized carbons (Fsp3) is 0.818. The second-order valence-corrected chi connectivity index (χ2v) is 11.2. The lowest BCUT2D eigenvalue weighted by molar-refractivity contribution is -0.149. The van der Waals surface area contributed by atoms with Crippen molar-refractivity contribution in [2.75, 3.05) is 6.54 Å². The molecule has 1 heterocycles. The number of amides is 1. The Morgan fingerprint density at radius 2 is 2.00 bits per heavy atom. The van der Waals surface area contributed by atoms with E-state index in [9.17, 15) is 9.59 Å². The van der Waals surface area contributed by atoms with E-state index in [4.69, 9.17) is 5.11 Å². The molecular weight excluding hydrogens is 222 g/mol. The molecule has 5 heteroatoms. The summed E-state index contributed by atoms with van der Waals surface area (Å²) in [5.74, 6) is -1.13. The molecule has 0 aliphatic carbocycles. The van der Waals surface area contributed by atoms with E-state index in [1.165, 1.54) is 0 Å². The van der Waals surface area contributed by atoms with E-state index in [0.29, 0.717) is 6.54 Å². The van der Waals surface area contributed by atoms with Crippen LogP contribution in [0.3, 0.4) is 0 Å². The van der Waals surface area contributed by atoms with E-state index in [2.05, 4.69) is 33.9 Å². The number of β-lactam (4-membered cyclic amide) rings is 1. The number of hydrogen-bond donors (Lipinski definition) is 1. The first-order chi connectivity index (χ1) is 7.07. The summed E-state index contributed by atoms with van der Waals surface area (Å²) in [7, 11) is -1.79. The number of carboxylic acids is 1. The van der Waals surface area contributed by atoms with Gasteiger partial charge in [0.15, 0.2) is 8.24 Å². The summed E-state index contributed by atoms with van der Waals surface area (Å²) in [6.45, 7) is 11.4. The molecule has 1 rings (SSSR count). The van der Waals surface area contributed by atoms with Gasteiger partial charge in [0.1, 0.15) is 0 Å². The van der Waals surface area contributed by atoms with Crippen LogP contribution in [0.2, 0.25) is 18.1 Å². The molecule has 0 aromatic heterocycles. The highest BCUT2D eigenvalue weighted by Crippen LogP contribution is 2.42. The van der Waals surface area contributed by atoms with Crippen LogP contribution in [0.25, 0.3) is 0 Å². The molecule has 1 unspecified atom stereocenters. The third-order valence-corrected chi connectivity index (χ3v) is 9.37. The Balaban J connectivity index is 2.69. The Hall–Kier alpha value is -0.843. The highest BCUT2D eigenvalue weighted by atomic mass is 28.3. The quantitative estimate of drug-likeness (QED) is 0.608. The Bertz CT molecular complexity index is 320. The maximum atomic E-state index is 11.9. The van der Waals surface area contributed by atoms with Crippen LogP contribution < -0.4 is 0 Å². The molecule has 1 saturated heterocycles. The van der Waals surface area contributed by atoms with Crippen molar-refractivity contribution in [2.45, 2.75) is 45.3 Å². The predicted molar refractivity (Wildman–Crippen MR) is 64.7 cm³/mol. The van der Waals surface area contributed by atoms with Gasteiger partial charge in [-0.05, 0) is 5.04 Å². The van der Waals surface area contributed by atoms with Gasteiger partial charge in [0.2, 0.25) is 5.91 Å². The van der Waals surface area contributed by atoms with Crippen LogP contribution in [0, 0.1) is 5.92 Å². The van der Waals surface area contributed by atoms with E-state index < -0.39 is 14.2 Å². The zero-order valence-corrected chi connectivity index (χ0v) is 11.7. The second kappa shape index (κ2) is 3.87. The molecule has 0 saturated carbocycles. The van der Waals surface area contributed by atoms with Gasteiger partial charge >= 0.3 is 5.97 Å². The van der Waals surface area contributed by atoms with Gasteiger partial charge in [0, 0.05) is 6.54 Å². The Labute approximate surface area is 97.7 Å². The lowest BCUT2D eigenvalue weighted by Gasteiger charge is -2.53. The van der Waals surface area contributed by atoms with Crippen LogP contribution in [0.4, 0.5) is 0 Å². The number of carbonyl (C=O) groups excluding carboxylic acids is 1. The van der Waals surface area contributed by atoms with Crippen LogP contribution >= 0.6 is 0 Å². The van der Waals surface area contributed by atoms with E-state index in [1.807, 2.05) is 4.57 Å². The van der Waals surface area contributed by atoms with Crippen molar-refractivity contribution >= 4 is 20.1 Å². The standard InChI is InChI=1S/C11H21NO3Si/c1-11(2,3)16(4,5)12-7-8(10(12)15)6-9(13)14/h8H,6-7H2,1-5H3,(H,13,14). The van der Waals surface area contributed by atoms with Crippen LogP contribution in [0.1, 0.15) is 27.2 Å². The summed E-state index contributed by atoms with van der Waals surface area (Å²) in [5.41, 5.74) is 0. The number of carbonyl (C=O) groups is 2. The van der Waals surface area contributed by atoms with E-state index >= 15 is 0 Å². The molecule has 1 aliphatic heterocycles. The minimum Gasteiger partial charge on any atom is -0.481 e. The minimum absolute atomic E-state index is 0.0239. The number of hydrogen-bond acceptors (Lipinski definition) is 2. The van der Waals surface area contributed by atoms with Gasteiger partial charge in [-0.1, -0.05) is 33.9 Å². The fourth-order valence-electron chi connectivity index (χ4n) is 1.77. The molecule has 1 N–H and O–H groups in total. The first kappa shape index (κ1) is 13.2. The van der Waals surface area contributed by atoms with Gasteiger partial charge in [-0.2, -0.15) is 0 Å². The zero-order valence-electron chi connectivity index (χ0n) is 10.7. The molecule has 1 aliphatic rings. The van der Waals surface area contributed by atoms with Gasteiger partial charge < -0.3 is 9.67 Å². The lowest BCUT2D eigenvalue weighted by atomic mass is 9.98. The van der Waals surface area contributed by atoms with Crippen LogP contribution in [-0.2, 0) is 9.59 Å². The minimum atomic E-state index is -1.79. The smallest absolute Gasteiger partial charge is 0.304 e. The largest absolute Gasteiger partial charge is 0.481 e. The first-order valence-electron chi connectivity index (χ1n) is 5.60. The molecule has 92 valence electrons. The van der Waals surface area contributed by atoms with Crippen molar-refractivity contribution in [1.82, 2.24) is 4.57 Å². The van der Waals surface area contributed by atoms with E-state index in [1.54, 1.807) is 0 Å². The van der Waals surface area contributed by atoms with Crippen molar-refractivity contribution in [1.29, 1.82) is 0 Å². The van der Waals surface area contributed by atoms with Crippen molar-refractivity contribution in [3.63, 3.8) is 0 Å². The van der Waals surface area contributed by atoms with E-state index in [-0.39, 0.29) is 23.3 Å². The van der Waals surface area contributed by atoms with Crippen molar-refractivity contribution in [3.05, 3.63) is 0 Å². The van der Waals surface area contributed by atoms with Crippen LogP contribution in [-0.4, -0.2) is 36.3 Å². The van der Waals surface area contributed by atoms with Gasteiger partial charge in [0.05, 0.1) is 12.3 Å². The number of aliphatic carboxylic acids is 1. The third-order valence-electron chi connectivity index (χ3n) is 3.95. The Kier molecular flexibility index (Phi) is 3.20. The van der Waals surface area contributed by atoms with Crippen molar-refractivity contribution in [2.24, 2.45) is 5.92 Å². The lowest BCUT2D eigenvalue weighted by Crippen LogP contribution is -2.67. The van der Waals surface area contributed by atoms with E-state index in [0.717, 1.165) is 0 Å². The zero-order chi connectivity index (χ0) is 12.7. The maximum absolute atomic E-state index is 11.9. The molecule has 1 atom stereocenters. The second-order valence-electron chi connectivity index (χ2n) is 6.05. The molecule has 0 radical (unpaired) electrons. The molecule has 0 aromatic rings. The summed E-state index contributed by atoms with van der Waals surface area (Å²) >= 11 is 0. The summed E-state index contributed by atoms with van der Waals surface area (Å²) < 4.78 is 1.93. The van der Waals surface area contributed by atoms with Crippen LogP contribution in [0.15, 0.2) is 0 Å². The predicted octanol–water partition coefficient (Wildman–Crippen LogP) is 1.92. The van der Waals surface area contributed by atoms with Gasteiger partial charge in [-0.3, -0.25) is 9.59 Å². The van der Waals surface area contributed by atoms with Crippen molar-refractivity contribution < 1.29 is 14.7 Å². The first-order valence-corrected chi connectivity index (χ1v) is 8.55. The molecule has 4 nitrogen and oxygen atoms in total. The molecular formula is C11H21NO3Si. The molecule has 16 heavy (non-hydrogen) atoms. The summed E-state index contributed by atoms with van der Waals surface area (Å²) in [6.07, 6.45) is -0.0239. The van der Waals surface area contributed by atoms with Gasteiger partial charge in [-0.15, -0.1) is 0 Å². The molecule has 0 aromatic carbocycles. The summed E-state index contributed by atoms with van der Waals surface area (Å²) in [6, 6.07) is 0. The molecule has 1 fully saturated rings. The van der Waals surface area contributed by atoms with Crippen molar-refractivity contribution in [3.8, 4) is 0 Å². The van der Waals surface area contributed by atoms with Gasteiger partial charge in [-0.25, -0.2) is 0 Å². The number of carboxylic acid groups (broad SMARTS) is 1. The summed E-state index contributed by atoms with van der Waals surface area (Å²) in [5, 5.41) is 8.78. The average molecular weight is 243 g/mol. The monoisotopic (exact) mass is 243 g/mol. The maximum Gasteiger partial charge on any atom is 0.304 e.